The van der Waals surface area contributed by atoms with Crippen LogP contribution in [0.3, 0.4) is 0 Å². The third kappa shape index (κ3) is 1.52. The second kappa shape index (κ2) is 2.48. The van der Waals surface area contributed by atoms with E-state index in [1.165, 1.54) is 0 Å². The molecule has 0 spiro atoms. The summed E-state index contributed by atoms with van der Waals surface area (Å²) in [6.45, 7) is 8.00. The molecule has 1 aromatic heterocycles. The van der Waals surface area contributed by atoms with Crippen LogP contribution in [0.5, 0.6) is 0 Å². The summed E-state index contributed by atoms with van der Waals surface area (Å²) in [4.78, 5) is 4.22. The molecule has 0 saturated carbocycles. The van der Waals surface area contributed by atoms with Crippen molar-refractivity contribution < 1.29 is 0 Å². The molecule has 0 N–H and O–H groups in total. The highest BCUT2D eigenvalue weighted by Gasteiger charge is 2.00. The summed E-state index contributed by atoms with van der Waals surface area (Å²) in [6.07, 6.45) is 0. The zero-order chi connectivity index (χ0) is 6.85. The fraction of sp³-hybridized carbons (Fsp3) is 0.429. The molecule has 1 rings (SSSR count). The molecule has 1 heterocycles. The van der Waals surface area contributed by atoms with Gasteiger partial charge in [-0.2, -0.15) is 0 Å². The second-order valence-corrected chi connectivity index (χ2v) is 3.26. The first-order chi connectivity index (χ1) is 4.20. The van der Waals surface area contributed by atoms with E-state index in [-0.39, 0.29) is 0 Å². The Kier molecular flexibility index (Phi) is 1.86. The van der Waals surface area contributed by atoms with Crippen molar-refractivity contribution in [2.45, 2.75) is 19.8 Å². The van der Waals surface area contributed by atoms with Crippen molar-refractivity contribution in [3.8, 4) is 0 Å². The summed E-state index contributed by atoms with van der Waals surface area (Å²) in [5.74, 6) is 0.539. The van der Waals surface area contributed by atoms with Gasteiger partial charge in [-0.3, -0.25) is 0 Å². The minimum absolute atomic E-state index is 0.539. The summed E-state index contributed by atoms with van der Waals surface area (Å²) in [6, 6.07) is 0. The van der Waals surface area contributed by atoms with Crippen LogP contribution in [-0.4, -0.2) is 4.98 Å². The van der Waals surface area contributed by atoms with Gasteiger partial charge in [0.2, 0.25) is 0 Å². The zero-order valence-corrected chi connectivity index (χ0v) is 6.53. The van der Waals surface area contributed by atoms with Gasteiger partial charge in [0.15, 0.2) is 0 Å². The lowest BCUT2D eigenvalue weighted by atomic mass is 10.2. The van der Waals surface area contributed by atoms with Gasteiger partial charge in [-0.15, -0.1) is 11.3 Å². The average Bonchev–Trinajstić information content (AvgIpc) is 2.14. The zero-order valence-electron chi connectivity index (χ0n) is 5.72. The number of hydrogen-bond acceptors (Lipinski definition) is 2. The maximum absolute atomic E-state index is 4.22. The lowest BCUT2D eigenvalue weighted by Gasteiger charge is -1.95. The molecule has 0 unspecified atom stereocenters. The monoisotopic (exact) mass is 140 g/mol. The number of hydrogen-bond donors (Lipinski definition) is 0. The summed E-state index contributed by atoms with van der Waals surface area (Å²) in [5.41, 5.74) is 1.16. The van der Waals surface area contributed by atoms with E-state index in [9.17, 15) is 0 Å². The predicted molar refractivity (Wildman–Crippen MR) is 40.7 cm³/mol. The van der Waals surface area contributed by atoms with E-state index in [1.54, 1.807) is 11.3 Å². The van der Waals surface area contributed by atoms with E-state index in [0.29, 0.717) is 5.92 Å². The Bertz CT molecular complexity index is 191. The third-order valence-corrected chi connectivity index (χ3v) is 1.88. The van der Waals surface area contributed by atoms with Gasteiger partial charge in [0.1, 0.15) is 0 Å². The molecule has 1 nitrogen and oxygen atoms in total. The Morgan fingerprint density at radius 3 is 2.56 bits per heavy atom. The van der Waals surface area contributed by atoms with Gasteiger partial charge in [-0.05, 0) is 5.92 Å². The van der Waals surface area contributed by atoms with Crippen LogP contribution in [0.1, 0.15) is 30.5 Å². The molecule has 49 valence electrons. The lowest BCUT2D eigenvalue weighted by Crippen LogP contribution is -1.85. The Morgan fingerprint density at radius 1 is 1.67 bits per heavy atom. The molecule has 0 saturated heterocycles. The maximum Gasteiger partial charge on any atom is 0.0932 e. The van der Waals surface area contributed by atoms with Crippen LogP contribution < -0.4 is 0 Å². The molecule has 0 aliphatic heterocycles. The summed E-state index contributed by atoms with van der Waals surface area (Å²) in [5, 5.41) is 2.98. The minimum atomic E-state index is 0.539. The first-order valence-electron chi connectivity index (χ1n) is 2.97. The summed E-state index contributed by atoms with van der Waals surface area (Å²) >= 11 is 1.61. The highest BCUT2D eigenvalue weighted by Crippen LogP contribution is 2.16. The van der Waals surface area contributed by atoms with Crippen LogP contribution in [0, 0.1) is 6.92 Å². The van der Waals surface area contributed by atoms with Crippen molar-refractivity contribution >= 4 is 11.3 Å². The molecule has 1 radical (unpaired) electrons. The van der Waals surface area contributed by atoms with E-state index in [0.717, 1.165) is 10.7 Å². The van der Waals surface area contributed by atoms with Gasteiger partial charge in [-0.25, -0.2) is 4.98 Å². The topological polar surface area (TPSA) is 12.9 Å². The third-order valence-electron chi connectivity index (χ3n) is 1.16. The van der Waals surface area contributed by atoms with E-state index >= 15 is 0 Å². The molecular weight excluding hydrogens is 130 g/mol. The molecule has 9 heavy (non-hydrogen) atoms. The Labute approximate surface area is 59.8 Å². The lowest BCUT2D eigenvalue weighted by molar-refractivity contribution is 0.831. The highest BCUT2D eigenvalue weighted by molar-refractivity contribution is 7.09. The van der Waals surface area contributed by atoms with Gasteiger partial charge in [0, 0.05) is 12.3 Å². The molecule has 0 fully saturated rings. The largest absolute Gasteiger partial charge is 0.246 e. The van der Waals surface area contributed by atoms with E-state index in [4.69, 9.17) is 0 Å². The molecule has 0 aliphatic rings. The fourth-order valence-electron chi connectivity index (χ4n) is 0.590. The van der Waals surface area contributed by atoms with Crippen LogP contribution in [0.15, 0.2) is 5.38 Å². The van der Waals surface area contributed by atoms with E-state index in [1.807, 2.05) is 0 Å². The van der Waals surface area contributed by atoms with Gasteiger partial charge in [-0.1, -0.05) is 13.8 Å². The standard InChI is InChI=1S/C7H10NS/c1-5(2)7-4-9-6(3)8-7/h4-5H,3H2,1-2H3. The maximum atomic E-state index is 4.22. The molecule has 0 amide bonds. The Hall–Kier alpha value is -0.370. The SMILES string of the molecule is [CH2]c1nc(C(C)C)cs1. The number of thiazole rings is 1. The second-order valence-electron chi connectivity index (χ2n) is 2.32. The van der Waals surface area contributed by atoms with Crippen LogP contribution >= 0.6 is 11.3 Å². The highest BCUT2D eigenvalue weighted by atomic mass is 32.1. The van der Waals surface area contributed by atoms with E-state index in [2.05, 4.69) is 31.1 Å². The first-order valence-corrected chi connectivity index (χ1v) is 3.85. The Morgan fingerprint density at radius 2 is 2.33 bits per heavy atom. The van der Waals surface area contributed by atoms with Gasteiger partial charge >= 0.3 is 0 Å². The van der Waals surface area contributed by atoms with Crippen molar-refractivity contribution in [1.29, 1.82) is 0 Å². The molecule has 0 aliphatic carbocycles. The van der Waals surface area contributed by atoms with Crippen LogP contribution in [0.25, 0.3) is 0 Å². The van der Waals surface area contributed by atoms with Crippen molar-refractivity contribution in [2.24, 2.45) is 0 Å². The molecule has 0 bridgehead atoms. The van der Waals surface area contributed by atoms with Gasteiger partial charge in [0.05, 0.1) is 10.7 Å². The smallest absolute Gasteiger partial charge is 0.0932 e. The number of rotatable bonds is 1. The number of nitrogens with zero attached hydrogens (tertiary/aromatic N) is 1. The van der Waals surface area contributed by atoms with Crippen LogP contribution in [0.4, 0.5) is 0 Å². The molecule has 1 aromatic rings. The van der Waals surface area contributed by atoms with E-state index < -0.39 is 0 Å². The normalized spacial score (nSPS) is 10.7. The van der Waals surface area contributed by atoms with Crippen molar-refractivity contribution in [3.05, 3.63) is 23.0 Å². The molecule has 2 heteroatoms. The Balaban J connectivity index is 2.85. The minimum Gasteiger partial charge on any atom is -0.246 e. The van der Waals surface area contributed by atoms with Gasteiger partial charge in [0.25, 0.3) is 0 Å². The average molecular weight is 140 g/mol. The summed E-state index contributed by atoms with van der Waals surface area (Å²) in [7, 11) is 0. The number of aromatic nitrogens is 1. The van der Waals surface area contributed by atoms with Gasteiger partial charge < -0.3 is 0 Å². The van der Waals surface area contributed by atoms with Crippen molar-refractivity contribution in [3.63, 3.8) is 0 Å². The quantitative estimate of drug-likeness (QED) is 0.584. The van der Waals surface area contributed by atoms with Crippen molar-refractivity contribution in [2.75, 3.05) is 0 Å². The first kappa shape index (κ1) is 6.75. The van der Waals surface area contributed by atoms with Crippen LogP contribution in [-0.2, 0) is 0 Å². The summed E-state index contributed by atoms with van der Waals surface area (Å²) < 4.78 is 0. The predicted octanol–water partition coefficient (Wildman–Crippen LogP) is 2.45. The fourth-order valence-corrected chi connectivity index (χ4v) is 1.33. The molecular formula is C7H10NS. The molecule has 0 aromatic carbocycles. The molecule has 0 atom stereocenters. The van der Waals surface area contributed by atoms with Crippen LogP contribution in [0.2, 0.25) is 0 Å². The van der Waals surface area contributed by atoms with Crippen molar-refractivity contribution in [1.82, 2.24) is 4.98 Å².